The SMILES string of the molecule is COc1cc2c(cc1OC)-c1nccc3cc(-c4ccc(F)cc4)nc(c13)N2. The number of rotatable bonds is 3. The Morgan fingerprint density at radius 1 is 0.929 bits per heavy atom. The van der Waals surface area contributed by atoms with Crippen molar-refractivity contribution in [2.24, 2.45) is 0 Å². The summed E-state index contributed by atoms with van der Waals surface area (Å²) < 4.78 is 24.2. The van der Waals surface area contributed by atoms with Gasteiger partial charge >= 0.3 is 0 Å². The smallest absolute Gasteiger partial charge is 0.162 e. The average Bonchev–Trinajstić information content (AvgIpc) is 2.73. The largest absolute Gasteiger partial charge is 0.493 e. The number of anilines is 2. The Morgan fingerprint density at radius 3 is 2.43 bits per heavy atom. The van der Waals surface area contributed by atoms with Crippen LogP contribution < -0.4 is 14.8 Å². The second-order valence-corrected chi connectivity index (χ2v) is 6.50. The lowest BCUT2D eigenvalue weighted by Crippen LogP contribution is -2.06. The van der Waals surface area contributed by atoms with E-state index >= 15 is 0 Å². The van der Waals surface area contributed by atoms with Crippen LogP contribution in [0.3, 0.4) is 0 Å². The normalized spacial score (nSPS) is 11.7. The quantitative estimate of drug-likeness (QED) is 0.472. The molecule has 1 aliphatic heterocycles. The first-order valence-corrected chi connectivity index (χ1v) is 8.77. The molecule has 0 amide bonds. The number of hydrogen-bond acceptors (Lipinski definition) is 5. The minimum Gasteiger partial charge on any atom is -0.493 e. The molecule has 0 atom stereocenters. The van der Waals surface area contributed by atoms with Crippen LogP contribution in [0.2, 0.25) is 0 Å². The molecule has 0 fully saturated rings. The highest BCUT2D eigenvalue weighted by atomic mass is 19.1. The lowest BCUT2D eigenvalue weighted by Gasteiger charge is -2.23. The van der Waals surface area contributed by atoms with E-state index in [2.05, 4.69) is 10.3 Å². The van der Waals surface area contributed by atoms with Crippen LogP contribution in [0.5, 0.6) is 11.5 Å². The van der Waals surface area contributed by atoms with Gasteiger partial charge in [-0.05, 0) is 47.9 Å². The van der Waals surface area contributed by atoms with Crippen LogP contribution in [-0.4, -0.2) is 24.2 Å². The van der Waals surface area contributed by atoms with Crippen LogP contribution in [0.4, 0.5) is 15.9 Å². The Labute approximate surface area is 160 Å². The van der Waals surface area contributed by atoms with Crippen LogP contribution >= 0.6 is 0 Å². The molecule has 2 aromatic carbocycles. The predicted molar refractivity (Wildman–Crippen MR) is 107 cm³/mol. The molecule has 0 saturated carbocycles. The van der Waals surface area contributed by atoms with Crippen molar-refractivity contribution in [2.75, 3.05) is 19.5 Å². The van der Waals surface area contributed by atoms with Crippen molar-refractivity contribution in [3.63, 3.8) is 0 Å². The molecule has 0 bridgehead atoms. The van der Waals surface area contributed by atoms with Crippen LogP contribution in [0, 0.1) is 5.82 Å². The summed E-state index contributed by atoms with van der Waals surface area (Å²) in [5, 5.41) is 5.33. The van der Waals surface area contributed by atoms with Gasteiger partial charge in [0.1, 0.15) is 11.6 Å². The first kappa shape index (κ1) is 16.5. The molecular weight excluding hydrogens is 357 g/mol. The Bertz CT molecular complexity index is 1220. The van der Waals surface area contributed by atoms with Gasteiger partial charge in [-0.2, -0.15) is 0 Å². The average molecular weight is 373 g/mol. The van der Waals surface area contributed by atoms with E-state index in [4.69, 9.17) is 14.5 Å². The van der Waals surface area contributed by atoms with E-state index in [-0.39, 0.29) is 5.82 Å². The third kappa shape index (κ3) is 2.45. The van der Waals surface area contributed by atoms with E-state index in [0.29, 0.717) is 17.3 Å². The van der Waals surface area contributed by atoms with Gasteiger partial charge in [-0.15, -0.1) is 0 Å². The van der Waals surface area contributed by atoms with E-state index in [1.807, 2.05) is 24.3 Å². The van der Waals surface area contributed by atoms with Gasteiger partial charge in [0.2, 0.25) is 0 Å². The van der Waals surface area contributed by atoms with E-state index < -0.39 is 0 Å². The van der Waals surface area contributed by atoms with Crippen molar-refractivity contribution in [3.05, 3.63) is 60.5 Å². The highest BCUT2D eigenvalue weighted by molar-refractivity contribution is 6.09. The molecule has 6 heteroatoms. The maximum Gasteiger partial charge on any atom is 0.162 e. The number of ether oxygens (including phenoxy) is 2. The predicted octanol–water partition coefficient (Wildman–Crippen LogP) is 5.18. The summed E-state index contributed by atoms with van der Waals surface area (Å²) >= 11 is 0. The van der Waals surface area contributed by atoms with E-state index in [0.717, 1.165) is 39.0 Å². The number of aromatic nitrogens is 2. The summed E-state index contributed by atoms with van der Waals surface area (Å²) in [7, 11) is 3.21. The van der Waals surface area contributed by atoms with E-state index in [1.54, 1.807) is 32.5 Å². The highest BCUT2D eigenvalue weighted by Crippen LogP contribution is 2.46. The molecular formula is C22H16FN3O2. The Kier molecular flexibility index (Phi) is 3.65. The van der Waals surface area contributed by atoms with Gasteiger partial charge < -0.3 is 14.8 Å². The lowest BCUT2D eigenvalue weighted by atomic mass is 9.97. The number of halogens is 1. The van der Waals surface area contributed by atoms with Crippen molar-refractivity contribution >= 4 is 22.3 Å². The van der Waals surface area contributed by atoms with Crippen LogP contribution in [-0.2, 0) is 0 Å². The summed E-state index contributed by atoms with van der Waals surface area (Å²) in [5.74, 6) is 1.70. The van der Waals surface area contributed by atoms with Crippen molar-refractivity contribution in [2.45, 2.75) is 0 Å². The maximum atomic E-state index is 13.3. The summed E-state index contributed by atoms with van der Waals surface area (Å²) in [6.07, 6.45) is 1.78. The van der Waals surface area contributed by atoms with Crippen molar-refractivity contribution < 1.29 is 13.9 Å². The summed E-state index contributed by atoms with van der Waals surface area (Å²) in [5.41, 5.74) is 4.20. The van der Waals surface area contributed by atoms with Crippen LogP contribution in [0.15, 0.2) is 54.7 Å². The molecule has 0 spiro atoms. The Hall–Kier alpha value is -3.67. The molecule has 3 heterocycles. The maximum absolute atomic E-state index is 13.3. The third-order valence-electron chi connectivity index (χ3n) is 4.92. The Balaban J connectivity index is 1.75. The second kappa shape index (κ2) is 6.20. The summed E-state index contributed by atoms with van der Waals surface area (Å²) in [4.78, 5) is 9.38. The standard InChI is InChI=1S/C22H16FN3O2/c1-27-18-10-15-17(11-19(18)28-2)26-22-20-13(7-8-24-21(15)20)9-16(25-22)12-3-5-14(23)6-4-12/h3-11H,1-2H3,(H,25,26). The van der Waals surface area contributed by atoms with Crippen molar-refractivity contribution in [3.8, 4) is 34.0 Å². The van der Waals surface area contributed by atoms with Gasteiger partial charge in [0, 0.05) is 23.4 Å². The monoisotopic (exact) mass is 373 g/mol. The van der Waals surface area contributed by atoms with E-state index in [1.165, 1.54) is 12.1 Å². The van der Waals surface area contributed by atoms with Gasteiger partial charge in [-0.3, -0.25) is 4.98 Å². The zero-order chi connectivity index (χ0) is 19.3. The number of methoxy groups -OCH3 is 2. The zero-order valence-electron chi connectivity index (χ0n) is 15.3. The van der Waals surface area contributed by atoms with Crippen molar-refractivity contribution in [1.82, 2.24) is 9.97 Å². The number of nitrogens with zero attached hydrogens (tertiary/aromatic N) is 2. The molecule has 5 rings (SSSR count). The molecule has 1 N–H and O–H groups in total. The van der Waals surface area contributed by atoms with Gasteiger partial charge in [0.05, 0.1) is 36.7 Å². The van der Waals surface area contributed by atoms with Crippen molar-refractivity contribution in [1.29, 1.82) is 0 Å². The molecule has 2 aromatic heterocycles. The number of pyridine rings is 2. The fraction of sp³-hybridized carbons (Fsp3) is 0.0909. The minimum atomic E-state index is -0.273. The van der Waals surface area contributed by atoms with Gasteiger partial charge in [0.25, 0.3) is 0 Å². The number of nitrogens with one attached hydrogen (secondary N) is 1. The first-order valence-electron chi connectivity index (χ1n) is 8.77. The zero-order valence-corrected chi connectivity index (χ0v) is 15.3. The molecule has 0 unspecified atom stereocenters. The molecule has 4 aromatic rings. The number of fused-ring (bicyclic) bond motifs is 2. The van der Waals surface area contributed by atoms with Gasteiger partial charge in [-0.1, -0.05) is 0 Å². The fourth-order valence-corrected chi connectivity index (χ4v) is 3.57. The van der Waals surface area contributed by atoms with Crippen LogP contribution in [0.1, 0.15) is 0 Å². The first-order chi connectivity index (χ1) is 13.7. The highest BCUT2D eigenvalue weighted by Gasteiger charge is 2.23. The molecule has 0 saturated heterocycles. The number of hydrogen-bond donors (Lipinski definition) is 1. The minimum absolute atomic E-state index is 0.273. The molecule has 0 radical (unpaired) electrons. The van der Waals surface area contributed by atoms with Gasteiger partial charge in [0.15, 0.2) is 11.5 Å². The summed E-state index contributed by atoms with van der Waals surface area (Å²) in [6.45, 7) is 0. The second-order valence-electron chi connectivity index (χ2n) is 6.50. The van der Waals surface area contributed by atoms with E-state index in [9.17, 15) is 4.39 Å². The molecule has 5 nitrogen and oxygen atoms in total. The van der Waals surface area contributed by atoms with Crippen LogP contribution in [0.25, 0.3) is 33.3 Å². The van der Waals surface area contributed by atoms with Gasteiger partial charge in [-0.25, -0.2) is 9.37 Å². The topological polar surface area (TPSA) is 56.3 Å². The summed E-state index contributed by atoms with van der Waals surface area (Å²) in [6, 6.07) is 14.1. The Morgan fingerprint density at radius 2 is 1.68 bits per heavy atom. The molecule has 0 aliphatic carbocycles. The lowest BCUT2D eigenvalue weighted by molar-refractivity contribution is 0.355. The fourth-order valence-electron chi connectivity index (χ4n) is 3.57. The molecule has 138 valence electrons. The third-order valence-corrected chi connectivity index (χ3v) is 4.92. The number of benzene rings is 2. The molecule has 28 heavy (non-hydrogen) atoms. The molecule has 1 aliphatic rings.